The smallest absolute Gasteiger partial charge is 0.256 e. The van der Waals surface area contributed by atoms with Crippen molar-refractivity contribution in [1.29, 1.82) is 0 Å². The van der Waals surface area contributed by atoms with Gasteiger partial charge in [0.15, 0.2) is 0 Å². The maximum Gasteiger partial charge on any atom is 0.256 e. The van der Waals surface area contributed by atoms with Gasteiger partial charge in [-0.2, -0.15) is 0 Å². The Kier molecular flexibility index (Phi) is 5.75. The fourth-order valence-electron chi connectivity index (χ4n) is 3.25. The first-order valence-corrected chi connectivity index (χ1v) is 10.7. The number of aromatic nitrogens is 1. The van der Waals surface area contributed by atoms with Crippen LogP contribution in [0.4, 0.5) is 5.82 Å². The average Bonchev–Trinajstić information content (AvgIpc) is 2.94. The zero-order chi connectivity index (χ0) is 21.2. The van der Waals surface area contributed by atoms with Gasteiger partial charge in [0.05, 0.1) is 4.90 Å². The van der Waals surface area contributed by atoms with E-state index in [0.717, 1.165) is 11.3 Å². The minimum atomic E-state index is -3.83. The van der Waals surface area contributed by atoms with Crippen LogP contribution in [0.3, 0.4) is 0 Å². The van der Waals surface area contributed by atoms with E-state index in [-0.39, 0.29) is 21.5 Å². The normalized spacial score (nSPS) is 11.3. The Morgan fingerprint density at radius 1 is 1.03 bits per heavy atom. The number of nitrogens with zero attached hydrogens (tertiary/aromatic N) is 1. The van der Waals surface area contributed by atoms with Gasteiger partial charge in [-0.1, -0.05) is 42.0 Å². The molecule has 0 fully saturated rings. The van der Waals surface area contributed by atoms with Gasteiger partial charge in [0.25, 0.3) is 5.91 Å². The highest BCUT2D eigenvalue weighted by Gasteiger charge is 2.30. The number of nitrogens with one attached hydrogen (secondary N) is 1. The topological polar surface area (TPSA) is 68.2 Å². The molecule has 1 amide bonds. The molecule has 0 atom stereocenters. The number of carbonyl (C=O) groups excluding carboxylic acids is 1. The van der Waals surface area contributed by atoms with Crippen molar-refractivity contribution >= 4 is 21.6 Å². The number of sulfone groups is 1. The molecule has 1 N–H and O–H groups in total. The summed E-state index contributed by atoms with van der Waals surface area (Å²) >= 11 is 0. The molecule has 0 bridgehead atoms. The van der Waals surface area contributed by atoms with E-state index in [2.05, 4.69) is 11.9 Å². The van der Waals surface area contributed by atoms with Crippen LogP contribution in [0.2, 0.25) is 0 Å². The lowest BCUT2D eigenvalue weighted by Crippen LogP contribution is -2.18. The minimum Gasteiger partial charge on any atom is -0.327 e. The van der Waals surface area contributed by atoms with E-state index in [9.17, 15) is 13.2 Å². The first-order valence-electron chi connectivity index (χ1n) is 9.26. The molecule has 29 heavy (non-hydrogen) atoms. The first kappa shape index (κ1) is 20.6. The highest BCUT2D eigenvalue weighted by molar-refractivity contribution is 7.91. The Morgan fingerprint density at radius 3 is 2.24 bits per heavy atom. The van der Waals surface area contributed by atoms with Crippen molar-refractivity contribution in [3.63, 3.8) is 0 Å². The van der Waals surface area contributed by atoms with Crippen LogP contribution in [0.25, 0.3) is 0 Å². The zero-order valence-corrected chi connectivity index (χ0v) is 17.6. The summed E-state index contributed by atoms with van der Waals surface area (Å²) in [6.45, 7) is 9.63. The summed E-state index contributed by atoms with van der Waals surface area (Å²) in [4.78, 5) is 13.1. The third-order valence-corrected chi connectivity index (χ3v) is 6.88. The quantitative estimate of drug-likeness (QED) is 0.602. The molecule has 0 aliphatic rings. The number of carbonyl (C=O) groups is 1. The standard InChI is InChI=1S/C23H24N2O3S/c1-5-15-25-18(4)17(3)21(29(27,28)20-13-11-16(2)12-14-20)22(25)24-23(26)19-9-7-6-8-10-19/h5-14H,1,15H2,2-4H3,(H,24,26). The molecule has 0 spiro atoms. The molecule has 150 valence electrons. The fraction of sp³-hybridized carbons (Fsp3) is 0.174. The Bertz CT molecular complexity index is 1160. The average molecular weight is 409 g/mol. The third-order valence-electron chi connectivity index (χ3n) is 4.95. The van der Waals surface area contributed by atoms with Crippen LogP contribution in [0.15, 0.2) is 77.0 Å². The van der Waals surface area contributed by atoms with Gasteiger partial charge in [-0.25, -0.2) is 8.42 Å². The monoisotopic (exact) mass is 408 g/mol. The van der Waals surface area contributed by atoms with Crippen molar-refractivity contribution in [3.8, 4) is 0 Å². The molecule has 0 radical (unpaired) electrons. The van der Waals surface area contributed by atoms with E-state index < -0.39 is 9.84 Å². The van der Waals surface area contributed by atoms with Gasteiger partial charge in [-0.05, 0) is 50.6 Å². The summed E-state index contributed by atoms with van der Waals surface area (Å²) in [6.07, 6.45) is 1.67. The Hall–Kier alpha value is -3.12. The summed E-state index contributed by atoms with van der Waals surface area (Å²) in [5, 5.41) is 2.83. The second-order valence-corrected chi connectivity index (χ2v) is 8.81. The molecule has 0 saturated heterocycles. The molecule has 1 heterocycles. The zero-order valence-electron chi connectivity index (χ0n) is 16.8. The molecule has 0 unspecified atom stereocenters. The van der Waals surface area contributed by atoms with Crippen LogP contribution in [-0.2, 0) is 16.4 Å². The van der Waals surface area contributed by atoms with Crippen molar-refractivity contribution < 1.29 is 13.2 Å². The second kappa shape index (κ2) is 8.09. The first-order chi connectivity index (χ1) is 13.8. The van der Waals surface area contributed by atoms with Gasteiger partial charge in [0.2, 0.25) is 9.84 Å². The number of amides is 1. The maximum absolute atomic E-state index is 13.5. The molecule has 1 aromatic heterocycles. The van der Waals surface area contributed by atoms with Crippen molar-refractivity contribution in [3.05, 3.63) is 89.6 Å². The predicted octanol–water partition coefficient (Wildman–Crippen LogP) is 4.68. The summed E-state index contributed by atoms with van der Waals surface area (Å²) < 4.78 is 28.7. The largest absolute Gasteiger partial charge is 0.327 e. The molecular formula is C23H24N2O3S. The predicted molar refractivity (Wildman–Crippen MR) is 115 cm³/mol. The number of benzene rings is 2. The molecule has 6 heteroatoms. The third kappa shape index (κ3) is 3.89. The van der Waals surface area contributed by atoms with Crippen LogP contribution >= 0.6 is 0 Å². The lowest BCUT2D eigenvalue weighted by atomic mass is 10.2. The van der Waals surface area contributed by atoms with Crippen LogP contribution in [0.1, 0.15) is 27.2 Å². The fourth-order valence-corrected chi connectivity index (χ4v) is 4.95. The molecular weight excluding hydrogens is 384 g/mol. The van der Waals surface area contributed by atoms with Gasteiger partial charge in [0.1, 0.15) is 10.7 Å². The van der Waals surface area contributed by atoms with Crippen molar-refractivity contribution in [2.45, 2.75) is 37.1 Å². The minimum absolute atomic E-state index is 0.116. The van der Waals surface area contributed by atoms with Gasteiger partial charge in [-0.15, -0.1) is 6.58 Å². The van der Waals surface area contributed by atoms with Crippen LogP contribution < -0.4 is 5.32 Å². The lowest BCUT2D eigenvalue weighted by molar-refractivity contribution is 0.102. The number of rotatable bonds is 6. The van der Waals surface area contributed by atoms with E-state index in [1.807, 2.05) is 19.9 Å². The number of allylic oxidation sites excluding steroid dienone is 1. The molecule has 3 aromatic rings. The van der Waals surface area contributed by atoms with E-state index in [0.29, 0.717) is 17.7 Å². The molecule has 2 aromatic carbocycles. The summed E-state index contributed by atoms with van der Waals surface area (Å²) in [6, 6.07) is 15.4. The van der Waals surface area contributed by atoms with E-state index in [1.54, 1.807) is 66.1 Å². The molecule has 3 rings (SSSR count). The van der Waals surface area contributed by atoms with Crippen molar-refractivity contribution in [2.24, 2.45) is 0 Å². The summed E-state index contributed by atoms with van der Waals surface area (Å²) in [7, 11) is -3.83. The second-order valence-electron chi connectivity index (χ2n) is 6.92. The van der Waals surface area contributed by atoms with Crippen molar-refractivity contribution in [1.82, 2.24) is 4.57 Å². The molecule has 5 nitrogen and oxygen atoms in total. The SMILES string of the molecule is C=CCn1c(C)c(C)c(S(=O)(=O)c2ccc(C)cc2)c1NC(=O)c1ccccc1. The number of hydrogen-bond acceptors (Lipinski definition) is 3. The number of hydrogen-bond donors (Lipinski definition) is 1. The highest BCUT2D eigenvalue weighted by atomic mass is 32.2. The molecule has 0 saturated carbocycles. The maximum atomic E-state index is 13.5. The van der Waals surface area contributed by atoms with Crippen molar-refractivity contribution in [2.75, 3.05) is 5.32 Å². The van der Waals surface area contributed by atoms with Gasteiger partial charge in [0, 0.05) is 17.8 Å². The van der Waals surface area contributed by atoms with E-state index in [4.69, 9.17) is 0 Å². The Morgan fingerprint density at radius 2 is 1.66 bits per heavy atom. The van der Waals surface area contributed by atoms with Gasteiger partial charge < -0.3 is 9.88 Å². The van der Waals surface area contributed by atoms with Gasteiger partial charge in [-0.3, -0.25) is 4.79 Å². The summed E-state index contributed by atoms with van der Waals surface area (Å²) in [5.74, 6) is -0.108. The van der Waals surface area contributed by atoms with E-state index in [1.165, 1.54) is 0 Å². The molecule has 0 aliphatic heterocycles. The number of anilines is 1. The Labute approximate surface area is 171 Å². The number of aryl methyl sites for hydroxylation is 1. The van der Waals surface area contributed by atoms with E-state index >= 15 is 0 Å². The highest BCUT2D eigenvalue weighted by Crippen LogP contribution is 2.35. The lowest BCUT2D eigenvalue weighted by Gasteiger charge is -2.13. The summed E-state index contributed by atoms with van der Waals surface area (Å²) in [5.41, 5.74) is 2.79. The van der Waals surface area contributed by atoms with Crippen LogP contribution in [0.5, 0.6) is 0 Å². The molecule has 0 aliphatic carbocycles. The Balaban J connectivity index is 2.18. The van der Waals surface area contributed by atoms with Crippen LogP contribution in [0, 0.1) is 20.8 Å². The van der Waals surface area contributed by atoms with Crippen LogP contribution in [-0.4, -0.2) is 18.9 Å². The van der Waals surface area contributed by atoms with Gasteiger partial charge >= 0.3 is 0 Å².